The number of rotatable bonds is 12. The van der Waals surface area contributed by atoms with Crippen LogP contribution in [0.2, 0.25) is 0 Å². The first-order valence-corrected chi connectivity index (χ1v) is 16.9. The molecule has 2 bridgehead atoms. The van der Waals surface area contributed by atoms with E-state index in [-0.39, 0.29) is 48.1 Å². The Morgan fingerprint density at radius 3 is 2.35 bits per heavy atom. The maximum absolute atomic E-state index is 15.0. The predicted molar refractivity (Wildman–Crippen MR) is 174 cm³/mol. The zero-order valence-electron chi connectivity index (χ0n) is 29.3. The summed E-state index contributed by atoms with van der Waals surface area (Å²) in [6.45, 7) is 10.4. The lowest BCUT2D eigenvalue weighted by Gasteiger charge is -2.58. The monoisotopic (exact) mass is 682 g/mol. The average Bonchev–Trinajstić information content (AvgIpc) is 3.78. The van der Waals surface area contributed by atoms with Crippen LogP contribution >= 0.6 is 0 Å². The van der Waals surface area contributed by atoms with E-state index in [9.17, 15) is 33.6 Å². The largest absolute Gasteiger partial charge is 0.347 e. The van der Waals surface area contributed by atoms with E-state index >= 15 is 0 Å². The minimum Gasteiger partial charge on any atom is -0.347 e. The van der Waals surface area contributed by atoms with E-state index < -0.39 is 70.2 Å². The number of ketones is 1. The number of likely N-dealkylation sites (N-methyl/N-ethyl adjacent to an activating group) is 2. The van der Waals surface area contributed by atoms with Gasteiger partial charge in [0.1, 0.15) is 16.8 Å². The Labute approximate surface area is 285 Å². The van der Waals surface area contributed by atoms with E-state index in [1.54, 1.807) is 18.7 Å². The quantitative estimate of drug-likeness (QED) is 0.158. The van der Waals surface area contributed by atoms with Gasteiger partial charge in [0.25, 0.3) is 23.6 Å². The Bertz CT molecular complexity index is 1580. The van der Waals surface area contributed by atoms with Crippen molar-refractivity contribution in [2.75, 3.05) is 33.2 Å². The van der Waals surface area contributed by atoms with E-state index in [4.69, 9.17) is 0 Å². The summed E-state index contributed by atoms with van der Waals surface area (Å²) in [5.74, 6) is -4.14. The van der Waals surface area contributed by atoms with Crippen LogP contribution in [0, 0.1) is 0 Å². The van der Waals surface area contributed by atoms with Crippen molar-refractivity contribution in [1.82, 2.24) is 41.0 Å². The number of amides is 6. The summed E-state index contributed by atoms with van der Waals surface area (Å²) in [6, 6.07) is -1.15. The smallest absolute Gasteiger partial charge is 0.289 e. The fourth-order valence-corrected chi connectivity index (χ4v) is 8.07. The number of Topliss-reactive ketones (excluding diaryl/α,β-unsaturated/α-hetero) is 1. The van der Waals surface area contributed by atoms with Gasteiger partial charge in [0.05, 0.1) is 38.8 Å². The van der Waals surface area contributed by atoms with E-state index in [1.807, 2.05) is 34.7 Å². The molecule has 6 amide bonds. The molecule has 4 heterocycles. The van der Waals surface area contributed by atoms with Gasteiger partial charge in [-0.3, -0.25) is 47.9 Å². The third kappa shape index (κ3) is 5.53. The Balaban J connectivity index is 1.50. The summed E-state index contributed by atoms with van der Waals surface area (Å²) >= 11 is 0. The molecule has 0 radical (unpaired) electrons. The van der Waals surface area contributed by atoms with Crippen molar-refractivity contribution >= 4 is 41.2 Å². The molecule has 5 rings (SSSR count). The number of nitrogens with zero attached hydrogens (tertiary/aromatic N) is 5. The third-order valence-electron chi connectivity index (χ3n) is 11.7. The van der Waals surface area contributed by atoms with Gasteiger partial charge in [0, 0.05) is 25.0 Å². The van der Waals surface area contributed by atoms with Crippen molar-refractivity contribution in [2.24, 2.45) is 0 Å². The van der Waals surface area contributed by atoms with Crippen molar-refractivity contribution < 1.29 is 38.0 Å². The summed E-state index contributed by atoms with van der Waals surface area (Å²) in [5.41, 5.74) is -5.43. The van der Waals surface area contributed by atoms with Crippen LogP contribution in [-0.2, 0) is 28.8 Å². The van der Waals surface area contributed by atoms with Crippen LogP contribution in [0.3, 0.4) is 0 Å². The van der Waals surface area contributed by atoms with E-state index in [2.05, 4.69) is 31.2 Å². The van der Waals surface area contributed by atoms with Gasteiger partial charge >= 0.3 is 0 Å². The van der Waals surface area contributed by atoms with Crippen LogP contribution in [0.1, 0.15) is 84.1 Å². The standard InChI is InChI=1S/C33H47N9O7/c1-8-10-21(25(45)27(47)37-20-11-12-20)38-28(48)31(5)18-33-19-41(31)29(49)32(6,30(3,4)42(33,7)17-24(44)40(33)9-2)39-23(43)16-36-26(46)22-15-34-13-14-35-22/h13-15,20-21H,8-12,16-19H2,1-7H3,(H3-,36,37,38,39,43,46,47,48)/p+1/t21?,31-,32?,33?,42?/m0/s1. The van der Waals surface area contributed by atoms with Crippen LogP contribution < -0.4 is 21.3 Å². The first-order valence-electron chi connectivity index (χ1n) is 16.9. The van der Waals surface area contributed by atoms with Gasteiger partial charge in [-0.2, -0.15) is 0 Å². The molecular weight excluding hydrogens is 634 g/mol. The first kappa shape index (κ1) is 35.8. The lowest BCUT2D eigenvalue weighted by molar-refractivity contribution is -0.995. The molecule has 1 aromatic rings. The minimum atomic E-state index is -1.69. The number of aromatic nitrogens is 2. The summed E-state index contributed by atoms with van der Waals surface area (Å²) in [6.07, 6.45) is 6.40. The second kappa shape index (κ2) is 12.4. The van der Waals surface area contributed by atoms with Gasteiger partial charge in [0.2, 0.25) is 17.6 Å². The van der Waals surface area contributed by atoms with Crippen LogP contribution in [0.4, 0.5) is 0 Å². The number of fused-ring (bicyclic) bond motifs is 1. The van der Waals surface area contributed by atoms with E-state index in [1.165, 1.54) is 23.5 Å². The topological polar surface area (TPSA) is 200 Å². The van der Waals surface area contributed by atoms with E-state index in [0.29, 0.717) is 13.0 Å². The van der Waals surface area contributed by atoms with E-state index in [0.717, 1.165) is 12.8 Å². The van der Waals surface area contributed by atoms with Gasteiger partial charge in [0.15, 0.2) is 17.7 Å². The normalized spacial score (nSPS) is 30.6. The second-order valence-corrected chi connectivity index (χ2v) is 14.7. The van der Waals surface area contributed by atoms with Gasteiger partial charge in [-0.15, -0.1) is 0 Å². The number of carbonyl (C=O) groups excluding carboxylic acids is 7. The maximum Gasteiger partial charge on any atom is 0.289 e. The third-order valence-corrected chi connectivity index (χ3v) is 11.7. The molecule has 1 spiro atoms. The Hall–Kier alpha value is -4.47. The molecule has 4 fully saturated rings. The molecule has 16 nitrogen and oxygen atoms in total. The highest BCUT2D eigenvalue weighted by Gasteiger charge is 2.80. The van der Waals surface area contributed by atoms with Crippen LogP contribution in [0.25, 0.3) is 0 Å². The van der Waals surface area contributed by atoms with Crippen molar-refractivity contribution in [1.29, 1.82) is 0 Å². The minimum absolute atomic E-state index is 0.00130. The van der Waals surface area contributed by atoms with Crippen molar-refractivity contribution in [3.63, 3.8) is 0 Å². The van der Waals surface area contributed by atoms with Gasteiger partial charge in [-0.05, 0) is 53.9 Å². The molecule has 3 saturated heterocycles. The lowest BCUT2D eigenvalue weighted by atomic mass is 9.73. The number of nitrogens with one attached hydrogen (secondary N) is 4. The maximum atomic E-state index is 15.0. The lowest BCUT2D eigenvalue weighted by Crippen LogP contribution is -2.82. The highest BCUT2D eigenvalue weighted by Crippen LogP contribution is 2.57. The molecular formula is C33H48N9O7+. The van der Waals surface area contributed by atoms with Gasteiger partial charge in [-0.1, -0.05) is 13.3 Å². The van der Waals surface area contributed by atoms with Crippen molar-refractivity contribution in [3.8, 4) is 0 Å². The number of quaternary nitrogens is 1. The summed E-state index contributed by atoms with van der Waals surface area (Å²) in [4.78, 5) is 106. The molecule has 4 N–H and O–H groups in total. The average molecular weight is 683 g/mol. The molecule has 1 aliphatic carbocycles. The molecule has 1 saturated carbocycles. The van der Waals surface area contributed by atoms with Crippen LogP contribution in [0.5, 0.6) is 0 Å². The Kier molecular flexibility index (Phi) is 9.10. The zero-order valence-corrected chi connectivity index (χ0v) is 29.3. The van der Waals surface area contributed by atoms with Crippen LogP contribution in [-0.4, -0.2) is 133 Å². The number of hydrogen-bond acceptors (Lipinski definition) is 9. The Morgan fingerprint density at radius 1 is 1.06 bits per heavy atom. The summed E-state index contributed by atoms with van der Waals surface area (Å²) in [7, 11) is 1.87. The molecule has 49 heavy (non-hydrogen) atoms. The van der Waals surface area contributed by atoms with Crippen molar-refractivity contribution in [3.05, 3.63) is 24.3 Å². The molecule has 0 aromatic carbocycles. The summed E-state index contributed by atoms with van der Waals surface area (Å²) in [5, 5.41) is 10.9. The van der Waals surface area contributed by atoms with Gasteiger partial charge < -0.3 is 26.2 Å². The molecule has 4 aliphatic rings. The van der Waals surface area contributed by atoms with Gasteiger partial charge in [-0.25, -0.2) is 4.98 Å². The van der Waals surface area contributed by atoms with Crippen molar-refractivity contribution in [2.45, 2.75) is 108 Å². The zero-order chi connectivity index (χ0) is 36.2. The molecule has 4 unspecified atom stereocenters. The highest BCUT2D eigenvalue weighted by molar-refractivity contribution is 6.38. The molecule has 3 aliphatic heterocycles. The molecule has 16 heteroatoms. The fourth-order valence-electron chi connectivity index (χ4n) is 8.07. The van der Waals surface area contributed by atoms with Crippen LogP contribution in [0.15, 0.2) is 18.6 Å². The number of carbonyl (C=O) groups is 7. The Morgan fingerprint density at radius 2 is 1.76 bits per heavy atom. The number of hydrogen-bond donors (Lipinski definition) is 4. The SMILES string of the molecule is CCCC(NC(=O)[C@]1(C)CC23CN1C(=O)C(C)(NC(=O)CNC(=O)c1cnccn1)C(C)(C)[N+]2(C)CC(=O)N3CC)C(=O)C(=O)NC1CC1. The fraction of sp³-hybridized carbons (Fsp3) is 0.667. The highest BCUT2D eigenvalue weighted by atomic mass is 16.2. The predicted octanol–water partition coefficient (Wildman–Crippen LogP) is -0.998. The molecule has 266 valence electrons. The summed E-state index contributed by atoms with van der Waals surface area (Å²) < 4.78 is 0.00163. The molecule has 5 atom stereocenters. The second-order valence-electron chi connectivity index (χ2n) is 14.7. The molecule has 1 aromatic heterocycles. The first-order chi connectivity index (χ1) is 22.9.